The van der Waals surface area contributed by atoms with Crippen LogP contribution < -0.4 is 14.8 Å². The number of hydrogen-bond donors (Lipinski definition) is 1. The van der Waals surface area contributed by atoms with Gasteiger partial charge < -0.3 is 19.4 Å². The van der Waals surface area contributed by atoms with Crippen LogP contribution in [-0.4, -0.2) is 24.7 Å². The lowest BCUT2D eigenvalue weighted by Gasteiger charge is -2.12. The highest BCUT2D eigenvalue weighted by molar-refractivity contribution is 5.99. The highest BCUT2D eigenvalue weighted by Gasteiger charge is 2.14. The third-order valence-corrected chi connectivity index (χ3v) is 5.14. The van der Waals surface area contributed by atoms with Crippen molar-refractivity contribution in [2.24, 2.45) is 0 Å². The summed E-state index contributed by atoms with van der Waals surface area (Å²) < 4.78 is 12.9. The maximum atomic E-state index is 12.7. The summed E-state index contributed by atoms with van der Waals surface area (Å²) in [6.07, 6.45) is 0. The molecule has 0 radical (unpaired) electrons. The summed E-state index contributed by atoms with van der Waals surface area (Å²) in [5.41, 5.74) is 5.15. The van der Waals surface area contributed by atoms with Crippen molar-refractivity contribution in [1.82, 2.24) is 9.88 Å². The van der Waals surface area contributed by atoms with Crippen LogP contribution in [0.5, 0.6) is 11.5 Å². The van der Waals surface area contributed by atoms with Crippen LogP contribution in [0, 0.1) is 13.8 Å². The van der Waals surface area contributed by atoms with Crippen LogP contribution in [0.4, 0.5) is 0 Å². The fourth-order valence-corrected chi connectivity index (χ4v) is 3.50. The maximum Gasteiger partial charge on any atom is 0.251 e. The van der Waals surface area contributed by atoms with Gasteiger partial charge in [0, 0.05) is 40.8 Å². The number of methoxy groups -OCH3 is 2. The number of fused-ring (bicyclic) bond motifs is 1. The van der Waals surface area contributed by atoms with Gasteiger partial charge >= 0.3 is 0 Å². The monoisotopic (exact) mass is 366 g/mol. The number of ether oxygens (including phenoxy) is 2. The predicted octanol–water partition coefficient (Wildman–Crippen LogP) is 4.23. The van der Waals surface area contributed by atoms with Crippen LogP contribution in [0.15, 0.2) is 36.4 Å². The molecule has 3 aromatic rings. The van der Waals surface area contributed by atoms with Gasteiger partial charge in [-0.3, -0.25) is 4.79 Å². The molecule has 142 valence electrons. The van der Waals surface area contributed by atoms with Crippen molar-refractivity contribution in [1.29, 1.82) is 0 Å². The first-order valence-corrected chi connectivity index (χ1v) is 9.08. The van der Waals surface area contributed by atoms with Gasteiger partial charge in [-0.1, -0.05) is 0 Å². The second kappa shape index (κ2) is 7.74. The largest absolute Gasteiger partial charge is 0.497 e. The van der Waals surface area contributed by atoms with Crippen LogP contribution in [0.25, 0.3) is 10.9 Å². The molecule has 0 bridgehead atoms. The Morgan fingerprint density at radius 1 is 1.07 bits per heavy atom. The third-order valence-electron chi connectivity index (χ3n) is 5.14. The Labute approximate surface area is 159 Å². The zero-order chi connectivity index (χ0) is 19.6. The molecular weight excluding hydrogens is 340 g/mol. The van der Waals surface area contributed by atoms with Gasteiger partial charge in [-0.05, 0) is 62.7 Å². The van der Waals surface area contributed by atoms with Crippen LogP contribution in [0.1, 0.15) is 34.1 Å². The molecule has 0 saturated heterocycles. The second-order valence-corrected chi connectivity index (χ2v) is 6.55. The van der Waals surface area contributed by atoms with E-state index in [1.807, 2.05) is 36.4 Å². The van der Waals surface area contributed by atoms with Gasteiger partial charge in [0.1, 0.15) is 11.5 Å². The van der Waals surface area contributed by atoms with Crippen LogP contribution in [-0.2, 0) is 13.1 Å². The van der Waals surface area contributed by atoms with Crippen molar-refractivity contribution in [2.45, 2.75) is 33.9 Å². The third kappa shape index (κ3) is 3.50. The van der Waals surface area contributed by atoms with E-state index in [1.54, 1.807) is 14.2 Å². The number of nitrogens with one attached hydrogen (secondary N) is 1. The van der Waals surface area contributed by atoms with E-state index in [4.69, 9.17) is 9.47 Å². The second-order valence-electron chi connectivity index (χ2n) is 6.55. The number of carbonyl (C=O) groups is 1. The Balaban J connectivity index is 1.84. The van der Waals surface area contributed by atoms with E-state index in [0.29, 0.717) is 12.1 Å². The number of benzene rings is 2. The molecule has 0 aliphatic heterocycles. The summed E-state index contributed by atoms with van der Waals surface area (Å²) in [7, 11) is 3.23. The van der Waals surface area contributed by atoms with Gasteiger partial charge in [0.15, 0.2) is 0 Å². The number of aromatic nitrogens is 1. The topological polar surface area (TPSA) is 52.5 Å². The lowest BCUT2D eigenvalue weighted by Crippen LogP contribution is -2.23. The molecule has 0 atom stereocenters. The molecule has 3 rings (SSSR count). The van der Waals surface area contributed by atoms with Crippen LogP contribution in [0.2, 0.25) is 0 Å². The average molecular weight is 366 g/mol. The summed E-state index contributed by atoms with van der Waals surface area (Å²) in [5.74, 6) is 1.34. The molecule has 0 saturated carbocycles. The molecule has 1 aromatic heterocycles. The number of aryl methyl sites for hydroxylation is 2. The Morgan fingerprint density at radius 3 is 2.52 bits per heavy atom. The minimum absolute atomic E-state index is 0.108. The summed E-state index contributed by atoms with van der Waals surface area (Å²) in [5, 5.41) is 4.11. The molecule has 0 spiro atoms. The van der Waals surface area contributed by atoms with E-state index >= 15 is 0 Å². The smallest absolute Gasteiger partial charge is 0.251 e. The van der Waals surface area contributed by atoms with Gasteiger partial charge in [0.2, 0.25) is 0 Å². The fourth-order valence-electron chi connectivity index (χ4n) is 3.50. The zero-order valence-corrected chi connectivity index (χ0v) is 16.6. The molecule has 27 heavy (non-hydrogen) atoms. The molecule has 5 nitrogen and oxygen atoms in total. The molecule has 1 heterocycles. The normalized spacial score (nSPS) is 10.9. The van der Waals surface area contributed by atoms with E-state index in [0.717, 1.165) is 29.0 Å². The zero-order valence-electron chi connectivity index (χ0n) is 16.6. The quantitative estimate of drug-likeness (QED) is 0.710. The minimum Gasteiger partial charge on any atom is -0.497 e. The Morgan fingerprint density at radius 2 is 1.85 bits per heavy atom. The SMILES string of the molecule is CCn1c(C)c(C)c2cc(C(=O)NCc3cc(OC)ccc3OC)ccc21. The van der Waals surface area contributed by atoms with Crippen molar-refractivity contribution < 1.29 is 14.3 Å². The first-order chi connectivity index (χ1) is 13.0. The summed E-state index contributed by atoms with van der Waals surface area (Å²) in [6.45, 7) is 7.64. The number of rotatable bonds is 6. The molecule has 0 fully saturated rings. The lowest BCUT2D eigenvalue weighted by atomic mass is 10.1. The molecule has 0 unspecified atom stereocenters. The van der Waals surface area contributed by atoms with E-state index in [2.05, 4.69) is 30.7 Å². The molecule has 2 aromatic carbocycles. The first-order valence-electron chi connectivity index (χ1n) is 9.08. The van der Waals surface area contributed by atoms with Gasteiger partial charge in [0.25, 0.3) is 5.91 Å². The highest BCUT2D eigenvalue weighted by Crippen LogP contribution is 2.27. The van der Waals surface area contributed by atoms with Gasteiger partial charge in [-0.15, -0.1) is 0 Å². The minimum atomic E-state index is -0.108. The molecule has 1 amide bonds. The molecule has 0 aliphatic rings. The maximum absolute atomic E-state index is 12.7. The van der Waals surface area contributed by atoms with Crippen molar-refractivity contribution in [3.8, 4) is 11.5 Å². The van der Waals surface area contributed by atoms with Crippen LogP contribution in [0.3, 0.4) is 0 Å². The molecule has 5 heteroatoms. The average Bonchev–Trinajstić information content (AvgIpc) is 2.95. The number of carbonyl (C=O) groups excluding carboxylic acids is 1. The predicted molar refractivity (Wildman–Crippen MR) is 108 cm³/mol. The highest BCUT2D eigenvalue weighted by atomic mass is 16.5. The number of nitrogens with zero attached hydrogens (tertiary/aromatic N) is 1. The molecule has 0 aliphatic carbocycles. The summed E-state index contributed by atoms with van der Waals surface area (Å²) >= 11 is 0. The van der Waals surface area contributed by atoms with Crippen molar-refractivity contribution in [3.63, 3.8) is 0 Å². The van der Waals surface area contributed by atoms with Crippen molar-refractivity contribution >= 4 is 16.8 Å². The van der Waals surface area contributed by atoms with E-state index in [9.17, 15) is 4.79 Å². The van der Waals surface area contributed by atoms with Crippen molar-refractivity contribution in [3.05, 3.63) is 58.8 Å². The number of amides is 1. The van der Waals surface area contributed by atoms with E-state index in [-0.39, 0.29) is 5.91 Å². The van der Waals surface area contributed by atoms with Gasteiger partial charge in [0.05, 0.1) is 14.2 Å². The summed E-state index contributed by atoms with van der Waals surface area (Å²) in [4.78, 5) is 12.7. The van der Waals surface area contributed by atoms with Gasteiger partial charge in [-0.2, -0.15) is 0 Å². The summed E-state index contributed by atoms with van der Waals surface area (Å²) in [6, 6.07) is 11.4. The van der Waals surface area contributed by atoms with Crippen LogP contribution >= 0.6 is 0 Å². The van der Waals surface area contributed by atoms with Gasteiger partial charge in [-0.25, -0.2) is 0 Å². The Bertz CT molecular complexity index is 989. The van der Waals surface area contributed by atoms with E-state index < -0.39 is 0 Å². The first kappa shape index (κ1) is 18.8. The Kier molecular flexibility index (Phi) is 5.40. The molecule has 1 N–H and O–H groups in total. The standard InChI is InChI=1S/C22H26N2O3/c1-6-24-15(3)14(2)19-12-16(7-9-20(19)24)22(25)23-13-17-11-18(26-4)8-10-21(17)27-5/h7-12H,6,13H2,1-5H3,(H,23,25). The molecular formula is C22H26N2O3. The number of hydrogen-bond acceptors (Lipinski definition) is 3. The van der Waals surface area contributed by atoms with Crippen molar-refractivity contribution in [2.75, 3.05) is 14.2 Å². The fraction of sp³-hybridized carbons (Fsp3) is 0.318. The lowest BCUT2D eigenvalue weighted by molar-refractivity contribution is 0.0951. The Hall–Kier alpha value is -2.95. The van der Waals surface area contributed by atoms with E-state index in [1.165, 1.54) is 16.8 Å².